The van der Waals surface area contributed by atoms with E-state index >= 15 is 0 Å². The lowest BCUT2D eigenvalue weighted by atomic mass is 9.93. The normalized spacial score (nSPS) is 16.7. The first-order chi connectivity index (χ1) is 22.7. The van der Waals surface area contributed by atoms with Crippen LogP contribution >= 0.6 is 27.3 Å². The highest BCUT2D eigenvalue weighted by atomic mass is 79.9. The monoisotopic (exact) mass is 702 g/mol. The van der Waals surface area contributed by atoms with Crippen molar-refractivity contribution in [1.29, 1.82) is 0 Å². The van der Waals surface area contributed by atoms with Crippen molar-refractivity contribution in [3.05, 3.63) is 161 Å². The van der Waals surface area contributed by atoms with E-state index in [1.165, 1.54) is 11.3 Å². The maximum Gasteiger partial charge on any atom is 0.271 e. The van der Waals surface area contributed by atoms with E-state index in [9.17, 15) is 14.4 Å². The molecule has 2 aliphatic heterocycles. The Labute approximate surface area is 284 Å². The molecule has 7 rings (SSSR count). The van der Waals surface area contributed by atoms with E-state index in [1.54, 1.807) is 16.4 Å². The van der Waals surface area contributed by atoms with Crippen molar-refractivity contribution in [3.8, 4) is 0 Å². The summed E-state index contributed by atoms with van der Waals surface area (Å²) in [6.07, 6.45) is 0. The van der Waals surface area contributed by atoms with Gasteiger partial charge in [-0.15, -0.1) is 0 Å². The highest BCUT2D eigenvalue weighted by molar-refractivity contribution is 9.10. The first kappa shape index (κ1) is 30.8. The zero-order valence-electron chi connectivity index (χ0n) is 26.0. The fraction of sp³-hybridized carbons (Fsp3) is 0.158. The van der Waals surface area contributed by atoms with Crippen molar-refractivity contribution in [3.63, 3.8) is 0 Å². The third-order valence-electron chi connectivity index (χ3n) is 8.58. The van der Waals surface area contributed by atoms with Crippen molar-refractivity contribution < 1.29 is 9.59 Å². The van der Waals surface area contributed by atoms with Gasteiger partial charge >= 0.3 is 0 Å². The summed E-state index contributed by atoms with van der Waals surface area (Å²) in [5.41, 5.74) is 5.84. The maximum absolute atomic E-state index is 14.7. The van der Waals surface area contributed by atoms with Gasteiger partial charge in [-0.1, -0.05) is 114 Å². The molecule has 0 fully saturated rings. The van der Waals surface area contributed by atoms with E-state index in [0.29, 0.717) is 49.9 Å². The van der Waals surface area contributed by atoms with Gasteiger partial charge in [-0.3, -0.25) is 19.0 Å². The number of allylic oxidation sites excluding steroid dienone is 1. The number of fused-ring (bicyclic) bond motifs is 2. The van der Waals surface area contributed by atoms with Crippen LogP contribution < -0.4 is 25.1 Å². The molecule has 1 atom stereocenters. The maximum atomic E-state index is 14.7. The molecule has 0 unspecified atom stereocenters. The molecule has 0 radical (unpaired) electrons. The molecule has 0 saturated heterocycles. The van der Waals surface area contributed by atoms with Crippen LogP contribution in [0, 0.1) is 0 Å². The molecule has 5 aromatic rings. The van der Waals surface area contributed by atoms with Crippen LogP contribution in [0.4, 0.5) is 11.4 Å². The number of benzene rings is 4. The number of anilines is 2. The number of halogens is 1. The van der Waals surface area contributed by atoms with E-state index in [0.717, 1.165) is 26.9 Å². The van der Waals surface area contributed by atoms with Crippen LogP contribution in [-0.2, 0) is 16.1 Å². The van der Waals surface area contributed by atoms with E-state index < -0.39 is 6.04 Å². The average molecular weight is 704 g/mol. The Balaban J connectivity index is 1.42. The molecule has 4 aromatic carbocycles. The lowest BCUT2D eigenvalue weighted by molar-refractivity contribution is -0.114. The van der Waals surface area contributed by atoms with E-state index in [4.69, 9.17) is 4.99 Å². The minimum Gasteiger partial charge on any atom is -0.322 e. The van der Waals surface area contributed by atoms with Gasteiger partial charge in [0.15, 0.2) is 4.80 Å². The number of rotatable bonds is 6. The summed E-state index contributed by atoms with van der Waals surface area (Å²) in [7, 11) is 0. The Morgan fingerprint density at radius 3 is 2.30 bits per heavy atom. The molecule has 2 amide bonds. The molecule has 2 aliphatic rings. The molecular weight excluding hydrogens is 672 g/mol. The van der Waals surface area contributed by atoms with Gasteiger partial charge in [0.25, 0.3) is 17.4 Å². The van der Waals surface area contributed by atoms with Crippen LogP contribution in [0.15, 0.2) is 129 Å². The zero-order valence-corrected chi connectivity index (χ0v) is 28.4. The standard InChI is InChI=1S/C38H31BrN4O3S/c1-22(2)25-14-16-26(17-15-25)33-31(35(44)41-28-12-8-5-9-13-28)23(3)40-38-43(33)37(46)34(47-38)32-29-20-27(39)18-19-30(29)42(36(32)45)21-24-10-6-4-7-11-24/h4-20,22,33H,21H2,1-3H3,(H,41,44)/b34-32-/t33-/m1/s1. The van der Waals surface area contributed by atoms with Crippen LogP contribution in [0.2, 0.25) is 0 Å². The fourth-order valence-electron chi connectivity index (χ4n) is 6.21. The van der Waals surface area contributed by atoms with Crippen LogP contribution in [0.1, 0.15) is 55.0 Å². The van der Waals surface area contributed by atoms with Crippen LogP contribution in [0.3, 0.4) is 0 Å². The average Bonchev–Trinajstić information content (AvgIpc) is 3.52. The predicted molar refractivity (Wildman–Crippen MR) is 190 cm³/mol. The number of aromatic nitrogens is 1. The molecule has 47 heavy (non-hydrogen) atoms. The number of hydrogen-bond acceptors (Lipinski definition) is 5. The van der Waals surface area contributed by atoms with Crippen LogP contribution in [0.25, 0.3) is 5.57 Å². The van der Waals surface area contributed by atoms with Gasteiger partial charge in [0.05, 0.1) is 35.1 Å². The molecule has 7 nitrogen and oxygen atoms in total. The topological polar surface area (TPSA) is 83.8 Å². The van der Waals surface area contributed by atoms with Gasteiger partial charge in [0.2, 0.25) is 0 Å². The summed E-state index contributed by atoms with van der Waals surface area (Å²) in [4.78, 5) is 49.9. The quantitative estimate of drug-likeness (QED) is 0.214. The molecule has 0 saturated carbocycles. The summed E-state index contributed by atoms with van der Waals surface area (Å²) in [6, 6.07) is 32.0. The van der Waals surface area contributed by atoms with Gasteiger partial charge in [0.1, 0.15) is 4.53 Å². The number of amides is 2. The Hall–Kier alpha value is -4.86. The summed E-state index contributed by atoms with van der Waals surface area (Å²) in [5, 5.41) is 3.00. The first-order valence-corrected chi connectivity index (χ1v) is 17.0. The third-order valence-corrected chi connectivity index (χ3v) is 10.1. The van der Waals surface area contributed by atoms with E-state index in [2.05, 4.69) is 35.1 Å². The zero-order chi connectivity index (χ0) is 32.8. The summed E-state index contributed by atoms with van der Waals surface area (Å²) in [6.45, 7) is 6.41. The number of carbonyl (C=O) groups excluding carboxylic acids is 2. The molecule has 9 heteroatoms. The van der Waals surface area contributed by atoms with Crippen molar-refractivity contribution in [1.82, 2.24) is 4.57 Å². The summed E-state index contributed by atoms with van der Waals surface area (Å²) >= 11 is 4.76. The van der Waals surface area contributed by atoms with Crippen molar-refractivity contribution in [2.24, 2.45) is 4.99 Å². The highest BCUT2D eigenvalue weighted by Gasteiger charge is 2.37. The largest absolute Gasteiger partial charge is 0.322 e. The molecule has 234 valence electrons. The molecule has 1 N–H and O–H groups in total. The Morgan fingerprint density at radius 2 is 1.62 bits per heavy atom. The summed E-state index contributed by atoms with van der Waals surface area (Å²) < 4.78 is 2.68. The second-order valence-electron chi connectivity index (χ2n) is 12.0. The lowest BCUT2D eigenvalue weighted by Gasteiger charge is -2.25. The van der Waals surface area contributed by atoms with Crippen LogP contribution in [-0.4, -0.2) is 16.4 Å². The Morgan fingerprint density at radius 1 is 0.936 bits per heavy atom. The SMILES string of the molecule is CC1=C(C(=O)Nc2ccccc2)[C@@H](c2ccc(C(C)C)cc2)n2c(s/c(=C3\C(=O)N(Cc4ccccc4)c4ccc(Br)cc43)c2=O)=N1. The van der Waals surface area contributed by atoms with Gasteiger partial charge in [-0.05, 0) is 59.9 Å². The minimum absolute atomic E-state index is 0.247. The minimum atomic E-state index is -0.746. The van der Waals surface area contributed by atoms with Gasteiger partial charge in [-0.25, -0.2) is 4.99 Å². The van der Waals surface area contributed by atoms with Gasteiger partial charge in [-0.2, -0.15) is 0 Å². The molecule has 1 aromatic heterocycles. The van der Waals surface area contributed by atoms with Gasteiger partial charge < -0.3 is 10.2 Å². The summed E-state index contributed by atoms with van der Waals surface area (Å²) in [5.74, 6) is -0.269. The highest BCUT2D eigenvalue weighted by Crippen LogP contribution is 2.38. The number of nitrogens with zero attached hydrogens (tertiary/aromatic N) is 3. The second kappa shape index (κ2) is 12.4. The van der Waals surface area contributed by atoms with Crippen molar-refractivity contribution in [2.45, 2.75) is 39.3 Å². The smallest absolute Gasteiger partial charge is 0.271 e. The Kier molecular flexibility index (Phi) is 8.11. The lowest BCUT2D eigenvalue weighted by Crippen LogP contribution is -2.41. The fourth-order valence-corrected chi connectivity index (χ4v) is 7.70. The van der Waals surface area contributed by atoms with Crippen molar-refractivity contribution in [2.75, 3.05) is 10.2 Å². The predicted octanol–water partition coefficient (Wildman–Crippen LogP) is 6.68. The molecule has 3 heterocycles. The van der Waals surface area contributed by atoms with E-state index in [-0.39, 0.29) is 17.4 Å². The third kappa shape index (κ3) is 5.59. The molecular formula is C38H31BrN4O3S. The molecule has 0 aliphatic carbocycles. The van der Waals surface area contributed by atoms with Crippen LogP contribution in [0.5, 0.6) is 0 Å². The van der Waals surface area contributed by atoms with Gasteiger partial charge in [0, 0.05) is 15.7 Å². The van der Waals surface area contributed by atoms with E-state index in [1.807, 2.05) is 103 Å². The number of thiazole rings is 1. The molecule has 0 spiro atoms. The number of carbonyl (C=O) groups is 2. The molecule has 0 bridgehead atoms. The number of para-hydroxylation sites is 1. The Bertz CT molecular complexity index is 2260. The number of nitrogens with one attached hydrogen (secondary N) is 1. The second-order valence-corrected chi connectivity index (χ2v) is 13.9. The van der Waals surface area contributed by atoms with Crippen molar-refractivity contribution >= 4 is 56.0 Å². The first-order valence-electron chi connectivity index (χ1n) is 15.4. The number of hydrogen-bond donors (Lipinski definition) is 1.